The van der Waals surface area contributed by atoms with E-state index in [0.29, 0.717) is 5.92 Å². The molecule has 2 nitrogen and oxygen atoms in total. The van der Waals surface area contributed by atoms with Crippen LogP contribution in [0.25, 0.3) is 0 Å². The molecule has 0 radical (unpaired) electrons. The van der Waals surface area contributed by atoms with Crippen LogP contribution in [0.3, 0.4) is 0 Å². The van der Waals surface area contributed by atoms with Crippen molar-refractivity contribution in [2.75, 3.05) is 6.61 Å². The van der Waals surface area contributed by atoms with Crippen molar-refractivity contribution in [3.05, 3.63) is 29.1 Å². The molecule has 0 aliphatic carbocycles. The zero-order chi connectivity index (χ0) is 12.8. The minimum absolute atomic E-state index is 0.00968. The average Bonchev–Trinajstić information content (AvgIpc) is 2.24. The standard InChI is InChI=1S/C15H23NO/c1-10(2)15(6)12-11(3)7-8-16-13(12)14(4,5)9-17-15/h7-8,10H,9H2,1-6H3. The molecule has 0 amide bonds. The maximum absolute atomic E-state index is 6.21. The highest BCUT2D eigenvalue weighted by Gasteiger charge is 2.44. The maximum Gasteiger partial charge on any atom is 0.0946 e. The number of pyridine rings is 1. The summed E-state index contributed by atoms with van der Waals surface area (Å²) in [5, 5.41) is 0. The molecule has 1 atom stereocenters. The average molecular weight is 233 g/mol. The van der Waals surface area contributed by atoms with Crippen LogP contribution in [0.2, 0.25) is 0 Å². The van der Waals surface area contributed by atoms with Gasteiger partial charge >= 0.3 is 0 Å². The first kappa shape index (κ1) is 12.6. The van der Waals surface area contributed by atoms with Gasteiger partial charge in [0.15, 0.2) is 0 Å². The van der Waals surface area contributed by atoms with Gasteiger partial charge < -0.3 is 4.74 Å². The van der Waals surface area contributed by atoms with Crippen molar-refractivity contribution in [3.8, 4) is 0 Å². The zero-order valence-corrected chi connectivity index (χ0v) is 11.8. The fourth-order valence-electron chi connectivity index (χ4n) is 2.62. The highest BCUT2D eigenvalue weighted by atomic mass is 16.5. The van der Waals surface area contributed by atoms with Crippen LogP contribution in [0.1, 0.15) is 51.4 Å². The van der Waals surface area contributed by atoms with E-state index in [0.717, 1.165) is 6.61 Å². The summed E-state index contributed by atoms with van der Waals surface area (Å²) >= 11 is 0. The van der Waals surface area contributed by atoms with Crippen molar-refractivity contribution >= 4 is 0 Å². The lowest BCUT2D eigenvalue weighted by Gasteiger charge is -2.45. The lowest BCUT2D eigenvalue weighted by Crippen LogP contribution is -2.45. The minimum Gasteiger partial charge on any atom is -0.369 e. The summed E-state index contributed by atoms with van der Waals surface area (Å²) in [5.41, 5.74) is 3.60. The quantitative estimate of drug-likeness (QED) is 0.740. The van der Waals surface area contributed by atoms with Crippen molar-refractivity contribution in [1.29, 1.82) is 0 Å². The summed E-state index contributed by atoms with van der Waals surface area (Å²) < 4.78 is 6.21. The van der Waals surface area contributed by atoms with Gasteiger partial charge in [-0.05, 0) is 31.4 Å². The van der Waals surface area contributed by atoms with E-state index in [1.54, 1.807) is 0 Å². The van der Waals surface area contributed by atoms with Gasteiger partial charge in [0.2, 0.25) is 0 Å². The predicted molar refractivity (Wildman–Crippen MR) is 70.1 cm³/mol. The van der Waals surface area contributed by atoms with Crippen LogP contribution in [-0.4, -0.2) is 11.6 Å². The van der Waals surface area contributed by atoms with Crippen molar-refractivity contribution in [3.63, 3.8) is 0 Å². The Morgan fingerprint density at radius 1 is 1.29 bits per heavy atom. The number of nitrogens with zero attached hydrogens (tertiary/aromatic N) is 1. The molecule has 1 aliphatic rings. The Balaban J connectivity index is 2.70. The van der Waals surface area contributed by atoms with Crippen LogP contribution in [-0.2, 0) is 15.8 Å². The largest absolute Gasteiger partial charge is 0.369 e. The number of hydrogen-bond acceptors (Lipinski definition) is 2. The van der Waals surface area contributed by atoms with E-state index >= 15 is 0 Å². The molecule has 2 rings (SSSR count). The van der Waals surface area contributed by atoms with Crippen molar-refractivity contribution in [2.24, 2.45) is 5.92 Å². The normalized spacial score (nSPS) is 27.0. The summed E-state index contributed by atoms with van der Waals surface area (Å²) in [4.78, 5) is 4.63. The second kappa shape index (κ2) is 3.81. The van der Waals surface area contributed by atoms with Gasteiger partial charge in [-0.2, -0.15) is 0 Å². The number of aryl methyl sites for hydroxylation is 1. The van der Waals surface area contributed by atoms with Crippen molar-refractivity contribution in [2.45, 2.75) is 52.6 Å². The Morgan fingerprint density at radius 2 is 1.94 bits per heavy atom. The molecular weight excluding hydrogens is 210 g/mol. The molecule has 0 N–H and O–H groups in total. The predicted octanol–water partition coefficient (Wildman–Crippen LogP) is 3.57. The molecule has 1 aromatic rings. The first-order chi connectivity index (χ1) is 7.79. The van der Waals surface area contributed by atoms with Crippen LogP contribution < -0.4 is 0 Å². The Hall–Kier alpha value is -0.890. The van der Waals surface area contributed by atoms with Crippen LogP contribution in [0.4, 0.5) is 0 Å². The van der Waals surface area contributed by atoms with Gasteiger partial charge in [0.25, 0.3) is 0 Å². The van der Waals surface area contributed by atoms with E-state index in [1.807, 2.05) is 6.20 Å². The molecule has 1 aromatic heterocycles. The van der Waals surface area contributed by atoms with Crippen molar-refractivity contribution < 1.29 is 4.74 Å². The molecule has 1 unspecified atom stereocenters. The molecule has 2 heteroatoms. The summed E-state index contributed by atoms with van der Waals surface area (Å²) in [6.45, 7) is 13.9. The van der Waals surface area contributed by atoms with Crippen LogP contribution in [0.5, 0.6) is 0 Å². The number of rotatable bonds is 1. The molecule has 0 bridgehead atoms. The van der Waals surface area contributed by atoms with Gasteiger partial charge in [-0.3, -0.25) is 4.98 Å². The molecule has 17 heavy (non-hydrogen) atoms. The molecule has 94 valence electrons. The first-order valence-electron chi connectivity index (χ1n) is 6.39. The third-order valence-corrected chi connectivity index (χ3v) is 4.13. The molecule has 0 fully saturated rings. The Labute approximate surface area is 104 Å². The fourth-order valence-corrected chi connectivity index (χ4v) is 2.62. The van der Waals surface area contributed by atoms with E-state index in [2.05, 4.69) is 52.6 Å². The number of fused-ring (bicyclic) bond motifs is 1. The number of aromatic nitrogens is 1. The van der Waals surface area contributed by atoms with Gasteiger partial charge in [-0.1, -0.05) is 27.7 Å². The smallest absolute Gasteiger partial charge is 0.0946 e. The molecule has 0 saturated carbocycles. The summed E-state index contributed by atoms with van der Waals surface area (Å²) in [6, 6.07) is 2.09. The molecule has 0 spiro atoms. The molecule has 2 heterocycles. The second-order valence-electron chi connectivity index (χ2n) is 6.29. The third kappa shape index (κ3) is 1.79. The monoisotopic (exact) mass is 233 g/mol. The topological polar surface area (TPSA) is 22.1 Å². The van der Waals surface area contributed by atoms with Crippen LogP contribution in [0, 0.1) is 12.8 Å². The lowest BCUT2D eigenvalue weighted by molar-refractivity contribution is -0.103. The second-order valence-corrected chi connectivity index (χ2v) is 6.29. The van der Waals surface area contributed by atoms with Crippen LogP contribution >= 0.6 is 0 Å². The van der Waals surface area contributed by atoms with E-state index in [1.165, 1.54) is 16.8 Å². The van der Waals surface area contributed by atoms with Gasteiger partial charge in [0, 0.05) is 17.2 Å². The third-order valence-electron chi connectivity index (χ3n) is 4.13. The van der Waals surface area contributed by atoms with Crippen molar-refractivity contribution in [1.82, 2.24) is 4.98 Å². The summed E-state index contributed by atoms with van der Waals surface area (Å²) in [5.74, 6) is 0.445. The molecule has 1 aliphatic heterocycles. The van der Waals surface area contributed by atoms with Gasteiger partial charge in [-0.15, -0.1) is 0 Å². The fraction of sp³-hybridized carbons (Fsp3) is 0.667. The van der Waals surface area contributed by atoms with E-state index < -0.39 is 0 Å². The molecular formula is C15H23NO. The first-order valence-corrected chi connectivity index (χ1v) is 6.39. The number of ether oxygens (including phenoxy) is 1. The Bertz CT molecular complexity index is 437. The van der Waals surface area contributed by atoms with Crippen LogP contribution in [0.15, 0.2) is 12.3 Å². The van der Waals surface area contributed by atoms with E-state index in [-0.39, 0.29) is 11.0 Å². The van der Waals surface area contributed by atoms with Gasteiger partial charge in [0.05, 0.1) is 17.9 Å². The highest BCUT2D eigenvalue weighted by molar-refractivity contribution is 5.40. The Morgan fingerprint density at radius 3 is 2.53 bits per heavy atom. The van der Waals surface area contributed by atoms with E-state index in [4.69, 9.17) is 4.74 Å². The highest BCUT2D eigenvalue weighted by Crippen LogP contribution is 2.45. The van der Waals surface area contributed by atoms with Gasteiger partial charge in [0.1, 0.15) is 0 Å². The minimum atomic E-state index is -0.205. The lowest BCUT2D eigenvalue weighted by atomic mass is 9.73. The van der Waals surface area contributed by atoms with E-state index in [9.17, 15) is 0 Å². The zero-order valence-electron chi connectivity index (χ0n) is 11.8. The molecule has 0 saturated heterocycles. The SMILES string of the molecule is Cc1ccnc2c1C(C)(C(C)C)OCC2(C)C. The Kier molecular flexibility index (Phi) is 2.81. The summed E-state index contributed by atoms with van der Waals surface area (Å²) in [7, 11) is 0. The molecule has 0 aromatic carbocycles. The maximum atomic E-state index is 6.21. The summed E-state index contributed by atoms with van der Waals surface area (Å²) in [6.07, 6.45) is 1.92. The van der Waals surface area contributed by atoms with Gasteiger partial charge in [-0.25, -0.2) is 0 Å². The number of hydrogen-bond donors (Lipinski definition) is 0.